The SMILES string of the molecule is C/C=C\C(=C/CC)N(C)c1cccc(C#N)c1. The Bertz CT molecular complexity index is 464. The number of nitriles is 1. The van der Waals surface area contributed by atoms with Gasteiger partial charge in [0.1, 0.15) is 0 Å². The summed E-state index contributed by atoms with van der Waals surface area (Å²) in [4.78, 5) is 2.09. The second-order valence-electron chi connectivity index (χ2n) is 3.76. The summed E-state index contributed by atoms with van der Waals surface area (Å²) in [7, 11) is 2.01. The van der Waals surface area contributed by atoms with Gasteiger partial charge in [0, 0.05) is 18.4 Å². The number of likely N-dealkylation sites (N-methyl/N-ethyl adjacent to an activating group) is 1. The van der Waals surface area contributed by atoms with E-state index in [1.165, 1.54) is 0 Å². The van der Waals surface area contributed by atoms with Crippen LogP contribution in [-0.2, 0) is 0 Å². The maximum Gasteiger partial charge on any atom is 0.0992 e. The fraction of sp³-hybridized carbons (Fsp3) is 0.267. The molecule has 0 unspecified atom stereocenters. The zero-order valence-corrected chi connectivity index (χ0v) is 10.6. The van der Waals surface area contributed by atoms with Crippen LogP contribution < -0.4 is 4.90 Å². The van der Waals surface area contributed by atoms with Crippen LogP contribution in [-0.4, -0.2) is 7.05 Å². The van der Waals surface area contributed by atoms with Crippen molar-refractivity contribution in [2.75, 3.05) is 11.9 Å². The number of benzene rings is 1. The molecule has 0 saturated carbocycles. The molecule has 0 atom stereocenters. The van der Waals surface area contributed by atoms with Gasteiger partial charge in [0.25, 0.3) is 0 Å². The molecule has 2 nitrogen and oxygen atoms in total. The maximum atomic E-state index is 8.89. The molecule has 88 valence electrons. The van der Waals surface area contributed by atoms with Gasteiger partial charge in [-0.25, -0.2) is 0 Å². The highest BCUT2D eigenvalue weighted by molar-refractivity contribution is 5.56. The molecule has 0 bridgehead atoms. The Labute approximate surface area is 103 Å². The molecule has 0 radical (unpaired) electrons. The molecule has 0 aliphatic rings. The fourth-order valence-corrected chi connectivity index (χ4v) is 1.63. The van der Waals surface area contributed by atoms with Crippen molar-refractivity contribution in [2.24, 2.45) is 0 Å². The van der Waals surface area contributed by atoms with E-state index >= 15 is 0 Å². The Hall–Kier alpha value is -2.01. The molecular weight excluding hydrogens is 208 g/mol. The van der Waals surface area contributed by atoms with Crippen molar-refractivity contribution < 1.29 is 0 Å². The Morgan fingerprint density at radius 2 is 2.24 bits per heavy atom. The number of hydrogen-bond donors (Lipinski definition) is 0. The molecule has 0 heterocycles. The van der Waals surface area contributed by atoms with Crippen LogP contribution in [0.5, 0.6) is 0 Å². The summed E-state index contributed by atoms with van der Waals surface area (Å²) in [5, 5.41) is 8.89. The lowest BCUT2D eigenvalue weighted by atomic mass is 10.2. The first-order chi connectivity index (χ1) is 8.22. The van der Waals surface area contributed by atoms with Crippen LogP contribution in [0.25, 0.3) is 0 Å². The van der Waals surface area contributed by atoms with Crippen molar-refractivity contribution in [3.8, 4) is 6.07 Å². The van der Waals surface area contributed by atoms with Crippen molar-refractivity contribution >= 4 is 5.69 Å². The molecule has 1 aromatic rings. The molecule has 0 fully saturated rings. The van der Waals surface area contributed by atoms with Gasteiger partial charge in [0.15, 0.2) is 0 Å². The minimum Gasteiger partial charge on any atom is -0.345 e. The van der Waals surface area contributed by atoms with Gasteiger partial charge in [-0.15, -0.1) is 0 Å². The van der Waals surface area contributed by atoms with Crippen molar-refractivity contribution in [1.82, 2.24) is 0 Å². The number of rotatable bonds is 4. The standard InChI is InChI=1S/C15H18N2/c1-4-7-14(8-5-2)17(3)15-10-6-9-13(11-15)12-16/h4,6-11H,5H2,1-3H3/b7-4-,14-8+. The Balaban J connectivity index is 3.05. The monoisotopic (exact) mass is 226 g/mol. The topological polar surface area (TPSA) is 27.0 Å². The molecule has 1 aromatic carbocycles. The molecular formula is C15H18N2. The molecule has 0 amide bonds. The molecule has 2 heteroatoms. The second-order valence-corrected chi connectivity index (χ2v) is 3.76. The smallest absolute Gasteiger partial charge is 0.0992 e. The fourth-order valence-electron chi connectivity index (χ4n) is 1.63. The van der Waals surface area contributed by atoms with Gasteiger partial charge in [0.05, 0.1) is 11.6 Å². The quantitative estimate of drug-likeness (QED) is 0.729. The number of nitrogens with zero attached hydrogens (tertiary/aromatic N) is 2. The van der Waals surface area contributed by atoms with Gasteiger partial charge < -0.3 is 4.90 Å². The maximum absolute atomic E-state index is 8.89. The van der Waals surface area contributed by atoms with Crippen LogP contribution in [0.1, 0.15) is 25.8 Å². The summed E-state index contributed by atoms with van der Waals surface area (Å²) in [6.45, 7) is 4.12. The van der Waals surface area contributed by atoms with Crippen LogP contribution >= 0.6 is 0 Å². The molecule has 0 N–H and O–H groups in total. The van der Waals surface area contributed by atoms with Gasteiger partial charge in [-0.1, -0.05) is 25.1 Å². The van der Waals surface area contributed by atoms with Crippen LogP contribution in [0.2, 0.25) is 0 Å². The van der Waals surface area contributed by atoms with Crippen LogP contribution in [0.4, 0.5) is 5.69 Å². The van der Waals surface area contributed by atoms with Crippen LogP contribution in [0.15, 0.2) is 48.2 Å². The summed E-state index contributed by atoms with van der Waals surface area (Å²) < 4.78 is 0. The molecule has 0 spiro atoms. The lowest BCUT2D eigenvalue weighted by Gasteiger charge is -2.20. The average molecular weight is 226 g/mol. The van der Waals surface area contributed by atoms with E-state index in [0.717, 1.165) is 17.8 Å². The lowest BCUT2D eigenvalue weighted by molar-refractivity contribution is 1.09. The van der Waals surface area contributed by atoms with Crippen molar-refractivity contribution in [2.45, 2.75) is 20.3 Å². The minimum atomic E-state index is 0.686. The summed E-state index contributed by atoms with van der Waals surface area (Å²) >= 11 is 0. The van der Waals surface area contributed by atoms with Crippen LogP contribution in [0.3, 0.4) is 0 Å². The predicted molar refractivity (Wildman–Crippen MR) is 72.7 cm³/mol. The summed E-state index contributed by atoms with van der Waals surface area (Å²) in [6.07, 6.45) is 7.25. The number of hydrogen-bond acceptors (Lipinski definition) is 2. The van der Waals surface area contributed by atoms with Crippen molar-refractivity contribution in [3.05, 3.63) is 53.8 Å². The van der Waals surface area contributed by atoms with E-state index in [-0.39, 0.29) is 0 Å². The molecule has 0 aromatic heterocycles. The van der Waals surface area contributed by atoms with E-state index in [9.17, 15) is 0 Å². The highest BCUT2D eigenvalue weighted by Gasteiger charge is 2.04. The molecule has 0 aliphatic heterocycles. The zero-order chi connectivity index (χ0) is 12.7. The van der Waals surface area contributed by atoms with E-state index in [1.807, 2.05) is 44.3 Å². The van der Waals surface area contributed by atoms with Crippen molar-refractivity contribution in [1.29, 1.82) is 5.26 Å². The second kappa shape index (κ2) is 6.55. The van der Waals surface area contributed by atoms with Gasteiger partial charge in [-0.05, 0) is 37.6 Å². The van der Waals surface area contributed by atoms with E-state index in [1.54, 1.807) is 0 Å². The first-order valence-electron chi connectivity index (χ1n) is 5.79. The third kappa shape index (κ3) is 3.49. The van der Waals surface area contributed by atoms with Gasteiger partial charge >= 0.3 is 0 Å². The number of anilines is 1. The number of allylic oxidation sites excluding steroid dienone is 3. The Morgan fingerprint density at radius 3 is 2.82 bits per heavy atom. The molecule has 17 heavy (non-hydrogen) atoms. The highest BCUT2D eigenvalue weighted by Crippen LogP contribution is 2.19. The van der Waals surface area contributed by atoms with Gasteiger partial charge in [-0.2, -0.15) is 5.26 Å². The first kappa shape index (κ1) is 13.1. The largest absolute Gasteiger partial charge is 0.345 e. The lowest BCUT2D eigenvalue weighted by Crippen LogP contribution is -2.15. The third-order valence-electron chi connectivity index (χ3n) is 2.50. The first-order valence-corrected chi connectivity index (χ1v) is 5.79. The molecule has 0 saturated heterocycles. The van der Waals surface area contributed by atoms with Gasteiger partial charge in [-0.3, -0.25) is 0 Å². The van der Waals surface area contributed by atoms with Crippen LogP contribution in [0, 0.1) is 11.3 Å². The predicted octanol–water partition coefficient (Wildman–Crippen LogP) is 3.86. The molecule has 0 aliphatic carbocycles. The highest BCUT2D eigenvalue weighted by atomic mass is 15.1. The van der Waals surface area contributed by atoms with Gasteiger partial charge in [0.2, 0.25) is 0 Å². The summed E-state index contributed by atoms with van der Waals surface area (Å²) in [5.74, 6) is 0. The van der Waals surface area contributed by atoms with E-state index in [4.69, 9.17) is 5.26 Å². The zero-order valence-electron chi connectivity index (χ0n) is 10.6. The summed E-state index contributed by atoms with van der Waals surface area (Å²) in [5.41, 5.74) is 2.86. The third-order valence-corrected chi connectivity index (χ3v) is 2.50. The Kier molecular flexibility index (Phi) is 5.03. The minimum absolute atomic E-state index is 0.686. The Morgan fingerprint density at radius 1 is 1.47 bits per heavy atom. The average Bonchev–Trinajstić information content (AvgIpc) is 2.38. The van der Waals surface area contributed by atoms with E-state index in [0.29, 0.717) is 5.56 Å². The molecule has 1 rings (SSSR count). The van der Waals surface area contributed by atoms with E-state index in [2.05, 4.69) is 30.0 Å². The van der Waals surface area contributed by atoms with E-state index < -0.39 is 0 Å². The summed E-state index contributed by atoms with van der Waals surface area (Å²) in [6, 6.07) is 9.79. The van der Waals surface area contributed by atoms with Crippen molar-refractivity contribution in [3.63, 3.8) is 0 Å². The normalized spacial score (nSPS) is 11.5.